The molecule has 3 atom stereocenters. The smallest absolute Gasteiger partial charge is 0.325 e. The zero-order chi connectivity index (χ0) is 44.4. The minimum absolute atomic E-state index is 0.00911. The number of nitrogens with one attached hydrogen (secondary N) is 3. The first kappa shape index (κ1) is 46.8. The molecule has 1 aromatic rings. The summed E-state index contributed by atoms with van der Waals surface area (Å²) in [6.45, 7) is 8.55. The van der Waals surface area contributed by atoms with Crippen molar-refractivity contribution in [3.8, 4) is 0 Å². The number of benzene rings is 1. The molecule has 60 heavy (non-hydrogen) atoms. The first-order valence-corrected chi connectivity index (χ1v) is 22.2. The molecule has 4 N–H and O–H groups in total. The van der Waals surface area contributed by atoms with Crippen molar-refractivity contribution in [2.45, 2.75) is 121 Å². The third-order valence-electron chi connectivity index (χ3n) is 11.0. The van der Waals surface area contributed by atoms with E-state index in [4.69, 9.17) is 20.7 Å². The molecule has 3 aliphatic heterocycles. The number of urea groups is 1. The number of unbranched alkanes of at least 4 members (excludes halogenated alkanes) is 2. The van der Waals surface area contributed by atoms with E-state index in [1.165, 1.54) is 4.90 Å². The number of piperidine rings is 1. The SMILES string of the molecule is [2H]CC1(COC(=O)CCC(=O)O)CCN(C(=O)COCC(=O)NCCCOCCCCNC(=O)CCCC[C@@H]2SC[C@H]3[C@@H]2NC(=O)N3C(=O)c2ccc(C(C)(C)C)cc2)CC1. The van der Waals surface area contributed by atoms with Gasteiger partial charge < -0.3 is 40.2 Å². The van der Waals surface area contributed by atoms with Crippen LogP contribution in [0.15, 0.2) is 24.3 Å². The number of ether oxygens (including phenoxy) is 3. The van der Waals surface area contributed by atoms with E-state index in [0.717, 1.165) is 37.7 Å². The van der Waals surface area contributed by atoms with Crippen molar-refractivity contribution in [3.05, 3.63) is 35.4 Å². The Balaban J connectivity index is 0.943. The van der Waals surface area contributed by atoms with Crippen molar-refractivity contribution in [2.75, 3.05) is 65.0 Å². The number of thioether (sulfide) groups is 1. The second-order valence-corrected chi connectivity index (χ2v) is 18.2. The largest absolute Gasteiger partial charge is 0.481 e. The maximum atomic E-state index is 13.3. The molecular weight excluding hydrogens is 795 g/mol. The van der Waals surface area contributed by atoms with Crippen LogP contribution in [0.2, 0.25) is 0 Å². The first-order valence-electron chi connectivity index (χ1n) is 21.8. The third-order valence-corrected chi connectivity index (χ3v) is 12.5. The molecule has 3 aliphatic rings. The number of carbonyl (C=O) groups excluding carboxylic acids is 6. The van der Waals surface area contributed by atoms with Gasteiger partial charge in [-0.2, -0.15) is 11.8 Å². The Morgan fingerprint density at radius 3 is 2.30 bits per heavy atom. The van der Waals surface area contributed by atoms with Crippen molar-refractivity contribution in [3.63, 3.8) is 0 Å². The predicted molar refractivity (Wildman–Crippen MR) is 225 cm³/mol. The molecule has 334 valence electrons. The van der Waals surface area contributed by atoms with E-state index in [1.807, 2.05) is 12.1 Å². The van der Waals surface area contributed by atoms with Gasteiger partial charge in [-0.25, -0.2) is 4.79 Å². The molecule has 3 saturated heterocycles. The number of esters is 1. The fourth-order valence-corrected chi connectivity index (χ4v) is 8.86. The minimum atomic E-state index is -1.09. The maximum absolute atomic E-state index is 13.3. The summed E-state index contributed by atoms with van der Waals surface area (Å²) < 4.78 is 24.1. The number of hydrogen-bond donors (Lipinski definition) is 4. The van der Waals surface area contributed by atoms with Crippen molar-refractivity contribution in [1.82, 2.24) is 25.8 Å². The minimum Gasteiger partial charge on any atom is -0.481 e. The maximum Gasteiger partial charge on any atom is 0.325 e. The highest BCUT2D eigenvalue weighted by molar-refractivity contribution is 8.00. The fraction of sp³-hybridized carbons (Fsp3) is 0.698. The molecule has 4 rings (SSSR count). The highest BCUT2D eigenvalue weighted by atomic mass is 32.2. The quantitative estimate of drug-likeness (QED) is 0.0660. The van der Waals surface area contributed by atoms with Crippen LogP contribution in [0.4, 0.5) is 4.79 Å². The molecule has 0 aliphatic carbocycles. The predicted octanol–water partition coefficient (Wildman–Crippen LogP) is 4.04. The zero-order valence-corrected chi connectivity index (χ0v) is 36.2. The number of aliphatic carboxylic acids is 1. The van der Waals surface area contributed by atoms with Crippen molar-refractivity contribution in [2.24, 2.45) is 5.41 Å². The molecular formula is C43H65N5O11S. The molecule has 16 nitrogen and oxygen atoms in total. The first-order chi connectivity index (χ1) is 29.1. The van der Waals surface area contributed by atoms with E-state index < -0.39 is 17.4 Å². The van der Waals surface area contributed by atoms with Gasteiger partial charge in [0.1, 0.15) is 13.2 Å². The van der Waals surface area contributed by atoms with Crippen LogP contribution >= 0.6 is 11.8 Å². The Kier molecular flexibility index (Phi) is 18.5. The Hall–Kier alpha value is -4.22. The molecule has 1 aromatic carbocycles. The van der Waals surface area contributed by atoms with Crippen LogP contribution < -0.4 is 16.0 Å². The summed E-state index contributed by atoms with van der Waals surface area (Å²) >= 11 is 1.78. The molecule has 0 saturated carbocycles. The highest BCUT2D eigenvalue weighted by Crippen LogP contribution is 2.38. The lowest BCUT2D eigenvalue weighted by Crippen LogP contribution is -2.45. The molecule has 3 heterocycles. The summed E-state index contributed by atoms with van der Waals surface area (Å²) in [6, 6.07) is 6.92. The van der Waals surface area contributed by atoms with Crippen LogP contribution in [0.5, 0.6) is 0 Å². The Morgan fingerprint density at radius 2 is 1.60 bits per heavy atom. The van der Waals surface area contributed by atoms with Crippen LogP contribution in [0, 0.1) is 5.41 Å². The van der Waals surface area contributed by atoms with Gasteiger partial charge in [0.15, 0.2) is 0 Å². The Morgan fingerprint density at radius 1 is 0.900 bits per heavy atom. The van der Waals surface area contributed by atoms with Crippen LogP contribution in [0.1, 0.15) is 116 Å². The standard InChI is InChI=1S/C43H65N5O11S/c1-42(2,3)31-14-12-30(13-15-31)40(55)48-32-28-60-33(39(32)46-41(48)56)10-5-6-11-34(49)44-20-7-8-24-57-25-9-21-45-35(50)26-58-27-36(51)47-22-18-43(4,19-23-47)29-59-38(54)17-16-37(52)53/h12-15,32-33,39H,5-11,16-29H2,1-4H3,(H,44,49)(H,45,50)(H,46,56)(H,52,53)/t32-,33-,39-/m0/s1/i4D. The topological polar surface area (TPSA) is 210 Å². The summed E-state index contributed by atoms with van der Waals surface area (Å²) in [5.74, 6) is -1.87. The normalized spacial score (nSPS) is 19.9. The number of carboxylic acid groups (broad SMARTS) is 1. The lowest BCUT2D eigenvalue weighted by atomic mass is 9.81. The molecule has 0 bridgehead atoms. The number of nitrogens with zero attached hydrogens (tertiary/aromatic N) is 2. The van der Waals surface area contributed by atoms with Gasteiger partial charge in [0.05, 0.1) is 31.5 Å². The van der Waals surface area contributed by atoms with Crippen molar-refractivity contribution in [1.29, 1.82) is 0 Å². The van der Waals surface area contributed by atoms with E-state index in [2.05, 4.69) is 36.7 Å². The van der Waals surface area contributed by atoms with Gasteiger partial charge in [-0.3, -0.25) is 33.7 Å². The van der Waals surface area contributed by atoms with E-state index in [1.54, 1.807) is 28.8 Å². The summed E-state index contributed by atoms with van der Waals surface area (Å²) in [7, 11) is 0. The number of imide groups is 1. The second-order valence-electron chi connectivity index (χ2n) is 17.0. The van der Waals surface area contributed by atoms with Gasteiger partial charge in [-0.05, 0) is 68.1 Å². The lowest BCUT2D eigenvalue weighted by Gasteiger charge is -2.38. The molecule has 0 unspecified atom stereocenters. The lowest BCUT2D eigenvalue weighted by molar-refractivity contribution is -0.152. The monoisotopic (exact) mass is 860 g/mol. The molecule has 0 aromatic heterocycles. The number of likely N-dealkylation sites (tertiary alicyclic amines) is 1. The zero-order valence-electron chi connectivity index (χ0n) is 36.4. The number of amides is 6. The number of rotatable bonds is 24. The van der Waals surface area contributed by atoms with Crippen LogP contribution in [0.25, 0.3) is 0 Å². The van der Waals surface area contributed by atoms with E-state index in [0.29, 0.717) is 76.4 Å². The Bertz CT molecular complexity index is 1650. The molecule has 6 amide bonds. The van der Waals surface area contributed by atoms with Crippen LogP contribution in [-0.2, 0) is 43.6 Å². The Labute approximate surface area is 359 Å². The van der Waals surface area contributed by atoms with E-state index in [-0.39, 0.29) is 92.0 Å². The molecule has 3 fully saturated rings. The average molecular weight is 861 g/mol. The van der Waals surface area contributed by atoms with Crippen LogP contribution in [-0.4, -0.2) is 139 Å². The van der Waals surface area contributed by atoms with Gasteiger partial charge in [0.2, 0.25) is 17.7 Å². The highest BCUT2D eigenvalue weighted by Gasteiger charge is 2.50. The van der Waals surface area contributed by atoms with Gasteiger partial charge in [-0.1, -0.05) is 46.2 Å². The molecule has 0 radical (unpaired) electrons. The van der Waals surface area contributed by atoms with Gasteiger partial charge in [0.25, 0.3) is 5.91 Å². The summed E-state index contributed by atoms with van der Waals surface area (Å²) in [5, 5.41) is 17.7. The van der Waals surface area contributed by atoms with Gasteiger partial charge in [0, 0.05) is 69.2 Å². The molecule has 17 heteroatoms. The van der Waals surface area contributed by atoms with Gasteiger partial charge >= 0.3 is 18.0 Å². The number of carboxylic acids is 1. The van der Waals surface area contributed by atoms with Gasteiger partial charge in [-0.15, -0.1) is 0 Å². The number of hydrogen-bond acceptors (Lipinski definition) is 11. The second kappa shape index (κ2) is 23.7. The average Bonchev–Trinajstić information content (AvgIpc) is 3.78. The summed E-state index contributed by atoms with van der Waals surface area (Å²) in [4.78, 5) is 88.7. The van der Waals surface area contributed by atoms with Crippen molar-refractivity contribution >= 4 is 53.4 Å². The molecule has 0 spiro atoms. The van der Waals surface area contributed by atoms with E-state index >= 15 is 0 Å². The number of fused-ring (bicyclic) bond motifs is 1. The third kappa shape index (κ3) is 15.7. The number of carbonyl (C=O) groups is 7. The summed E-state index contributed by atoms with van der Waals surface area (Å²) in [6.07, 6.45) is 5.45. The fourth-order valence-electron chi connectivity index (χ4n) is 7.27. The van der Waals surface area contributed by atoms with Crippen molar-refractivity contribution < 1.29 is 54.2 Å². The summed E-state index contributed by atoms with van der Waals surface area (Å²) in [5.41, 5.74) is 1.03. The van der Waals surface area contributed by atoms with Crippen LogP contribution in [0.3, 0.4) is 0 Å². The van der Waals surface area contributed by atoms with E-state index in [9.17, 15) is 33.6 Å².